The number of nitrogens with two attached hydrogens (primary N) is 3. The van der Waals surface area contributed by atoms with Crippen molar-refractivity contribution in [2.24, 2.45) is 22.2 Å². The number of primary amides is 1. The molecule has 35 heavy (non-hydrogen) atoms. The fourth-order valence-electron chi connectivity index (χ4n) is 5.38. The molecule has 0 unspecified atom stereocenters. The second-order valence-electron chi connectivity index (χ2n) is 9.90. The predicted molar refractivity (Wildman–Crippen MR) is 131 cm³/mol. The lowest BCUT2D eigenvalue weighted by molar-refractivity contribution is -0.148. The fraction of sp³-hybridized carbons (Fsp3) is 0.783. The van der Waals surface area contributed by atoms with Crippen molar-refractivity contribution in [2.75, 3.05) is 26.2 Å². The van der Waals surface area contributed by atoms with Crippen molar-refractivity contribution in [2.45, 2.75) is 88.5 Å². The first-order valence-electron chi connectivity index (χ1n) is 12.6. The van der Waals surface area contributed by atoms with Crippen LogP contribution in [0.5, 0.6) is 0 Å². The van der Waals surface area contributed by atoms with Gasteiger partial charge in [-0.1, -0.05) is 19.8 Å². The highest BCUT2D eigenvalue weighted by molar-refractivity contribution is 6.01. The Morgan fingerprint density at radius 3 is 2.37 bits per heavy atom. The number of unbranched alkanes of at least 4 members (excludes halogenated alkanes) is 1. The van der Waals surface area contributed by atoms with E-state index in [2.05, 4.69) is 20.5 Å². The topological polar surface area (TPSA) is 189 Å². The van der Waals surface area contributed by atoms with Crippen molar-refractivity contribution in [3.8, 4) is 0 Å². The zero-order valence-electron chi connectivity index (χ0n) is 20.8. The molecule has 3 amide bonds. The number of aliphatic imine (C=N–C) groups is 1. The molecule has 196 valence electrons. The third-order valence-corrected chi connectivity index (χ3v) is 7.41. The lowest BCUT2D eigenvalue weighted by atomic mass is 9.92. The summed E-state index contributed by atoms with van der Waals surface area (Å²) in [5, 5.41) is 6.08. The predicted octanol–water partition coefficient (Wildman–Crippen LogP) is -1.82. The Labute approximate surface area is 206 Å². The van der Waals surface area contributed by atoms with Crippen LogP contribution in [0.4, 0.5) is 0 Å². The van der Waals surface area contributed by atoms with Crippen LogP contribution < -0.4 is 27.8 Å². The number of rotatable bonds is 11. The zero-order chi connectivity index (χ0) is 25.8. The van der Waals surface area contributed by atoms with E-state index in [4.69, 9.17) is 17.2 Å². The highest BCUT2D eigenvalue weighted by Gasteiger charge is 2.59. The maximum Gasteiger partial charge on any atom is 0.243 e. The van der Waals surface area contributed by atoms with Gasteiger partial charge in [-0.2, -0.15) is 0 Å². The van der Waals surface area contributed by atoms with Crippen molar-refractivity contribution in [3.05, 3.63) is 0 Å². The van der Waals surface area contributed by atoms with Gasteiger partial charge in [0.15, 0.2) is 11.7 Å². The van der Waals surface area contributed by atoms with E-state index in [0.717, 1.165) is 19.3 Å². The van der Waals surface area contributed by atoms with Crippen molar-refractivity contribution in [3.63, 3.8) is 0 Å². The molecule has 1 aliphatic carbocycles. The number of guanidine groups is 1. The summed E-state index contributed by atoms with van der Waals surface area (Å²) < 4.78 is 0. The first-order chi connectivity index (χ1) is 16.6. The average Bonchev–Trinajstić information content (AvgIpc) is 3.61. The van der Waals surface area contributed by atoms with Crippen molar-refractivity contribution < 1.29 is 19.2 Å². The largest absolute Gasteiger partial charge is 0.370 e. The van der Waals surface area contributed by atoms with Crippen LogP contribution in [-0.2, 0) is 19.2 Å². The third-order valence-electron chi connectivity index (χ3n) is 7.41. The molecule has 4 atom stereocenters. The van der Waals surface area contributed by atoms with E-state index in [9.17, 15) is 19.2 Å². The summed E-state index contributed by atoms with van der Waals surface area (Å²) in [5.41, 5.74) is 15.6. The molecule has 2 aliphatic heterocycles. The van der Waals surface area contributed by atoms with Crippen LogP contribution in [0.15, 0.2) is 4.99 Å². The SMILES string of the molecule is CCCC[C@H]1C(=O)N[C@@H](C(=O)C2(N3C[C@H](C(N)=O)NC[C@@H]3CCCN=C(N)N)CC2)CN1C(C)=O. The quantitative estimate of drug-likeness (QED) is 0.126. The Hall–Kier alpha value is -2.73. The second kappa shape index (κ2) is 11.3. The minimum absolute atomic E-state index is 0.0215. The van der Waals surface area contributed by atoms with Gasteiger partial charge >= 0.3 is 0 Å². The number of Topliss-reactive ketones (excluding diaryl/α,β-unsaturated/α-hetero) is 1. The van der Waals surface area contributed by atoms with Gasteiger partial charge in [-0.3, -0.25) is 29.1 Å². The summed E-state index contributed by atoms with van der Waals surface area (Å²) in [5.74, 6) is -1.03. The molecule has 0 aromatic heterocycles. The fourth-order valence-corrected chi connectivity index (χ4v) is 5.38. The molecule has 0 aromatic carbocycles. The monoisotopic (exact) mass is 492 g/mol. The lowest BCUT2D eigenvalue weighted by Gasteiger charge is -2.46. The van der Waals surface area contributed by atoms with E-state index in [-0.39, 0.29) is 36.1 Å². The van der Waals surface area contributed by atoms with E-state index in [1.165, 1.54) is 11.8 Å². The Bertz CT molecular complexity index is 854. The number of nitrogens with zero attached hydrogens (tertiary/aromatic N) is 3. The summed E-state index contributed by atoms with van der Waals surface area (Å²) in [7, 11) is 0. The minimum Gasteiger partial charge on any atom is -0.370 e. The van der Waals surface area contributed by atoms with Gasteiger partial charge in [-0.15, -0.1) is 0 Å². The van der Waals surface area contributed by atoms with Gasteiger partial charge < -0.3 is 32.7 Å². The number of ketones is 1. The van der Waals surface area contributed by atoms with Crippen LogP contribution in [0.3, 0.4) is 0 Å². The van der Waals surface area contributed by atoms with Gasteiger partial charge in [0.2, 0.25) is 17.7 Å². The summed E-state index contributed by atoms with van der Waals surface area (Å²) in [6.45, 7) is 4.91. The molecule has 3 aliphatic rings. The Morgan fingerprint density at radius 1 is 1.09 bits per heavy atom. The summed E-state index contributed by atoms with van der Waals surface area (Å²) >= 11 is 0. The maximum atomic E-state index is 13.9. The van der Waals surface area contributed by atoms with E-state index in [1.54, 1.807) is 0 Å². The second-order valence-corrected chi connectivity index (χ2v) is 9.90. The van der Waals surface area contributed by atoms with E-state index >= 15 is 0 Å². The van der Waals surface area contributed by atoms with Gasteiger partial charge in [0.1, 0.15) is 12.1 Å². The smallest absolute Gasteiger partial charge is 0.243 e. The van der Waals surface area contributed by atoms with Crippen LogP contribution in [0.25, 0.3) is 0 Å². The van der Waals surface area contributed by atoms with E-state index in [0.29, 0.717) is 45.3 Å². The molecule has 0 spiro atoms. The Balaban J connectivity index is 1.77. The van der Waals surface area contributed by atoms with E-state index in [1.807, 2.05) is 6.92 Å². The van der Waals surface area contributed by atoms with Crippen molar-refractivity contribution in [1.29, 1.82) is 0 Å². The standard InChI is InChI=1S/C23H40N8O4/c1-3-4-7-18-21(35)29-16(12-30(18)14(2)32)19(33)23(8-9-23)31-13-17(20(24)34)28-11-15(31)6-5-10-27-22(25)26/h15-18,28H,3-13H2,1-2H3,(H2,24,34)(H,29,35)(H4,25,26,27)/t15-,16+,17+,18-/m0/s1. The number of nitrogens with one attached hydrogen (secondary N) is 2. The molecule has 12 nitrogen and oxygen atoms in total. The maximum absolute atomic E-state index is 13.9. The van der Waals surface area contributed by atoms with E-state index < -0.39 is 29.6 Å². The Kier molecular flexibility index (Phi) is 8.70. The highest BCUT2D eigenvalue weighted by atomic mass is 16.2. The van der Waals surface area contributed by atoms with Crippen molar-refractivity contribution in [1.82, 2.24) is 20.4 Å². The van der Waals surface area contributed by atoms with Crippen LogP contribution in [-0.4, -0.2) is 95.1 Å². The molecular weight excluding hydrogens is 452 g/mol. The van der Waals surface area contributed by atoms with Gasteiger partial charge in [0, 0.05) is 39.1 Å². The normalized spacial score (nSPS) is 28.2. The molecule has 3 rings (SSSR count). The molecule has 1 saturated carbocycles. The highest BCUT2D eigenvalue weighted by Crippen LogP contribution is 2.46. The number of carbonyl (C=O) groups is 4. The molecule has 2 saturated heterocycles. The van der Waals surface area contributed by atoms with Crippen LogP contribution in [0.1, 0.15) is 58.8 Å². The van der Waals surface area contributed by atoms with Gasteiger partial charge in [-0.25, -0.2) is 0 Å². The zero-order valence-corrected chi connectivity index (χ0v) is 20.8. The van der Waals surface area contributed by atoms with Crippen molar-refractivity contribution >= 4 is 29.5 Å². The number of hydrogen-bond donors (Lipinski definition) is 5. The molecule has 2 heterocycles. The van der Waals surface area contributed by atoms with Crippen LogP contribution in [0.2, 0.25) is 0 Å². The summed E-state index contributed by atoms with van der Waals surface area (Å²) in [6.07, 6.45) is 5.01. The molecular formula is C23H40N8O4. The Morgan fingerprint density at radius 2 is 1.80 bits per heavy atom. The molecule has 0 radical (unpaired) electrons. The van der Waals surface area contributed by atoms with Gasteiger partial charge in [0.25, 0.3) is 0 Å². The molecule has 8 N–H and O–H groups in total. The molecule has 0 bridgehead atoms. The number of piperazine rings is 2. The molecule has 12 heteroatoms. The number of hydrogen-bond acceptors (Lipinski definition) is 7. The molecule has 3 fully saturated rings. The first-order valence-corrected chi connectivity index (χ1v) is 12.6. The summed E-state index contributed by atoms with van der Waals surface area (Å²) in [4.78, 5) is 58.7. The van der Waals surface area contributed by atoms with Gasteiger partial charge in [0.05, 0.1) is 11.6 Å². The third kappa shape index (κ3) is 6.10. The number of amides is 3. The lowest BCUT2D eigenvalue weighted by Crippen LogP contribution is -2.69. The first kappa shape index (κ1) is 26.9. The summed E-state index contributed by atoms with van der Waals surface area (Å²) in [6, 6.07) is -1.92. The van der Waals surface area contributed by atoms with Crippen LogP contribution >= 0.6 is 0 Å². The van der Waals surface area contributed by atoms with Crippen LogP contribution in [0, 0.1) is 0 Å². The minimum atomic E-state index is -0.784. The van der Waals surface area contributed by atoms with Gasteiger partial charge in [-0.05, 0) is 32.1 Å². The number of carbonyl (C=O) groups excluding carboxylic acids is 4. The molecule has 0 aromatic rings. The average molecular weight is 493 g/mol.